The summed E-state index contributed by atoms with van der Waals surface area (Å²) < 4.78 is 37.0. The van der Waals surface area contributed by atoms with Gasteiger partial charge in [0.05, 0.1) is 11.3 Å². The number of alkyl halides is 3. The summed E-state index contributed by atoms with van der Waals surface area (Å²) in [5, 5.41) is 0. The molecule has 1 heterocycles. The zero-order valence-electron chi connectivity index (χ0n) is 9.22. The minimum Gasteiger partial charge on any atom is -0.264 e. The molecule has 2 aromatic rings. The Hall–Kier alpha value is -2.17. The molecule has 2 nitrogen and oxygen atoms in total. The monoisotopic (exact) mass is 250 g/mol. The third kappa shape index (κ3) is 3.16. The molecule has 0 spiro atoms. The Morgan fingerprint density at radius 1 is 1.06 bits per heavy atom. The zero-order valence-corrected chi connectivity index (χ0v) is 9.22. The van der Waals surface area contributed by atoms with E-state index in [0.717, 1.165) is 17.7 Å². The molecule has 1 aromatic carbocycles. The number of aliphatic imine (C=N–C) groups is 1. The molecule has 0 N–H and O–H groups in total. The van der Waals surface area contributed by atoms with Gasteiger partial charge in [0.25, 0.3) is 0 Å². The minimum atomic E-state index is -4.31. The first kappa shape index (κ1) is 12.3. The van der Waals surface area contributed by atoms with Gasteiger partial charge in [0.15, 0.2) is 0 Å². The number of hydrogen-bond acceptors (Lipinski definition) is 2. The van der Waals surface area contributed by atoms with Crippen LogP contribution in [0.15, 0.2) is 53.8 Å². The van der Waals surface area contributed by atoms with Crippen LogP contribution in [0, 0.1) is 0 Å². The van der Waals surface area contributed by atoms with Gasteiger partial charge in [0, 0.05) is 24.2 Å². The highest BCUT2D eigenvalue weighted by atomic mass is 19.4. The molecule has 2 rings (SSSR count). The molecule has 92 valence electrons. The molecule has 1 aromatic heterocycles. The second kappa shape index (κ2) is 5.00. The summed E-state index contributed by atoms with van der Waals surface area (Å²) in [6.07, 6.45) is 0.490. The molecule has 18 heavy (non-hydrogen) atoms. The van der Waals surface area contributed by atoms with Crippen LogP contribution < -0.4 is 0 Å². The topological polar surface area (TPSA) is 25.2 Å². The summed E-state index contributed by atoms with van der Waals surface area (Å²) in [6, 6.07) is 8.24. The van der Waals surface area contributed by atoms with Crippen LogP contribution in [0.3, 0.4) is 0 Å². The SMILES string of the molecule is FC(F)(F)c1ccc(N=Cc2cccnc2)cc1. The fourth-order valence-electron chi connectivity index (χ4n) is 1.34. The maximum Gasteiger partial charge on any atom is 0.416 e. The van der Waals surface area contributed by atoms with Crippen molar-refractivity contribution in [3.63, 3.8) is 0 Å². The van der Waals surface area contributed by atoms with Crippen LogP contribution in [0.4, 0.5) is 18.9 Å². The molecule has 0 aliphatic heterocycles. The fraction of sp³-hybridized carbons (Fsp3) is 0.0769. The van der Waals surface area contributed by atoms with Crippen LogP contribution in [0.1, 0.15) is 11.1 Å². The number of aromatic nitrogens is 1. The van der Waals surface area contributed by atoms with E-state index in [9.17, 15) is 13.2 Å². The van der Waals surface area contributed by atoms with Crippen LogP contribution in [0.25, 0.3) is 0 Å². The minimum absolute atomic E-state index is 0.465. The lowest BCUT2D eigenvalue weighted by molar-refractivity contribution is -0.137. The second-order valence-electron chi connectivity index (χ2n) is 3.59. The highest BCUT2D eigenvalue weighted by molar-refractivity contribution is 5.81. The summed E-state index contributed by atoms with van der Waals surface area (Å²) in [4.78, 5) is 7.97. The molecule has 0 bridgehead atoms. The van der Waals surface area contributed by atoms with Gasteiger partial charge in [-0.3, -0.25) is 9.98 Å². The van der Waals surface area contributed by atoms with Crippen molar-refractivity contribution >= 4 is 11.9 Å². The van der Waals surface area contributed by atoms with Crippen LogP contribution >= 0.6 is 0 Å². The number of halogens is 3. The van der Waals surface area contributed by atoms with Crippen molar-refractivity contribution in [2.75, 3.05) is 0 Å². The first-order valence-electron chi connectivity index (χ1n) is 5.17. The van der Waals surface area contributed by atoms with E-state index in [1.54, 1.807) is 30.7 Å². The lowest BCUT2D eigenvalue weighted by Gasteiger charge is -2.05. The van der Waals surface area contributed by atoms with E-state index in [1.807, 2.05) is 0 Å². The molecular formula is C13H9F3N2. The van der Waals surface area contributed by atoms with Crippen LogP contribution in [-0.4, -0.2) is 11.2 Å². The lowest BCUT2D eigenvalue weighted by Crippen LogP contribution is -2.03. The maximum absolute atomic E-state index is 12.3. The van der Waals surface area contributed by atoms with Gasteiger partial charge in [-0.2, -0.15) is 13.2 Å². The normalized spacial score (nSPS) is 11.9. The third-order valence-electron chi connectivity index (χ3n) is 2.24. The Labute approximate surface area is 102 Å². The van der Waals surface area contributed by atoms with E-state index in [-0.39, 0.29) is 0 Å². The Balaban J connectivity index is 2.14. The molecule has 0 atom stereocenters. The summed E-state index contributed by atoms with van der Waals surface area (Å²) in [6.45, 7) is 0. The van der Waals surface area contributed by atoms with Gasteiger partial charge in [-0.1, -0.05) is 6.07 Å². The van der Waals surface area contributed by atoms with Crippen LogP contribution in [0.5, 0.6) is 0 Å². The lowest BCUT2D eigenvalue weighted by atomic mass is 10.2. The molecule has 0 saturated heterocycles. The van der Waals surface area contributed by atoms with Crippen molar-refractivity contribution in [3.05, 3.63) is 59.9 Å². The number of rotatable bonds is 2. The van der Waals surface area contributed by atoms with Crippen molar-refractivity contribution in [1.29, 1.82) is 0 Å². The molecule has 0 radical (unpaired) electrons. The molecule has 0 fully saturated rings. The predicted molar refractivity (Wildman–Crippen MR) is 62.9 cm³/mol. The van der Waals surface area contributed by atoms with Gasteiger partial charge < -0.3 is 0 Å². The predicted octanol–water partition coefficient (Wildman–Crippen LogP) is 3.85. The van der Waals surface area contributed by atoms with Crippen molar-refractivity contribution in [2.45, 2.75) is 6.18 Å². The van der Waals surface area contributed by atoms with E-state index >= 15 is 0 Å². The number of nitrogens with zero attached hydrogens (tertiary/aromatic N) is 2. The van der Waals surface area contributed by atoms with Crippen LogP contribution in [-0.2, 0) is 6.18 Å². The fourth-order valence-corrected chi connectivity index (χ4v) is 1.34. The van der Waals surface area contributed by atoms with Crippen molar-refractivity contribution in [3.8, 4) is 0 Å². The average Bonchev–Trinajstić information content (AvgIpc) is 2.37. The molecule has 5 heteroatoms. The standard InChI is InChI=1S/C13H9F3N2/c14-13(15,16)11-3-5-12(6-4-11)18-9-10-2-1-7-17-8-10/h1-9H. The quantitative estimate of drug-likeness (QED) is 0.743. The number of hydrogen-bond donors (Lipinski definition) is 0. The summed E-state index contributed by atoms with van der Waals surface area (Å²) in [5.41, 5.74) is 0.576. The maximum atomic E-state index is 12.3. The van der Waals surface area contributed by atoms with Crippen molar-refractivity contribution in [2.24, 2.45) is 4.99 Å². The smallest absolute Gasteiger partial charge is 0.264 e. The largest absolute Gasteiger partial charge is 0.416 e. The van der Waals surface area contributed by atoms with Gasteiger partial charge in [0.1, 0.15) is 0 Å². The van der Waals surface area contributed by atoms with E-state index in [0.29, 0.717) is 5.69 Å². The first-order chi connectivity index (χ1) is 8.55. The molecule has 0 aliphatic carbocycles. The molecule has 0 saturated carbocycles. The molecule has 0 unspecified atom stereocenters. The van der Waals surface area contributed by atoms with E-state index in [4.69, 9.17) is 0 Å². The summed E-state index contributed by atoms with van der Waals surface area (Å²) in [5.74, 6) is 0. The molecule has 0 amide bonds. The summed E-state index contributed by atoms with van der Waals surface area (Å²) >= 11 is 0. The average molecular weight is 250 g/mol. The van der Waals surface area contributed by atoms with Gasteiger partial charge >= 0.3 is 6.18 Å². The van der Waals surface area contributed by atoms with Crippen molar-refractivity contribution in [1.82, 2.24) is 4.98 Å². The van der Waals surface area contributed by atoms with Gasteiger partial charge in [-0.25, -0.2) is 0 Å². The van der Waals surface area contributed by atoms with E-state index < -0.39 is 11.7 Å². The first-order valence-corrected chi connectivity index (χ1v) is 5.17. The van der Waals surface area contributed by atoms with Gasteiger partial charge in [-0.15, -0.1) is 0 Å². The zero-order chi connectivity index (χ0) is 13.0. The highest BCUT2D eigenvalue weighted by Gasteiger charge is 2.29. The van der Waals surface area contributed by atoms with Gasteiger partial charge in [-0.05, 0) is 30.3 Å². The van der Waals surface area contributed by atoms with Crippen molar-refractivity contribution < 1.29 is 13.2 Å². The third-order valence-corrected chi connectivity index (χ3v) is 2.24. The Morgan fingerprint density at radius 2 is 1.78 bits per heavy atom. The number of pyridine rings is 1. The van der Waals surface area contributed by atoms with Crippen LogP contribution in [0.2, 0.25) is 0 Å². The Morgan fingerprint density at radius 3 is 2.33 bits per heavy atom. The molecular weight excluding hydrogens is 241 g/mol. The highest BCUT2D eigenvalue weighted by Crippen LogP contribution is 2.30. The van der Waals surface area contributed by atoms with E-state index in [1.165, 1.54) is 12.1 Å². The Bertz CT molecular complexity index is 530. The van der Waals surface area contributed by atoms with E-state index in [2.05, 4.69) is 9.98 Å². The summed E-state index contributed by atoms with van der Waals surface area (Å²) in [7, 11) is 0. The second-order valence-corrected chi connectivity index (χ2v) is 3.59. The van der Waals surface area contributed by atoms with Gasteiger partial charge in [0.2, 0.25) is 0 Å². The Kier molecular flexibility index (Phi) is 3.41. The number of benzene rings is 1. The molecule has 0 aliphatic rings.